The number of carbonyl (C=O) groups excluding carboxylic acids is 1. The molecule has 1 aliphatic rings. The van der Waals surface area contributed by atoms with Gasteiger partial charge in [-0.25, -0.2) is 14.4 Å². The van der Waals surface area contributed by atoms with Gasteiger partial charge in [-0.3, -0.25) is 4.79 Å². The molecule has 7 nitrogen and oxygen atoms in total. The zero-order chi connectivity index (χ0) is 21.8. The second-order valence-electron chi connectivity index (χ2n) is 7.53. The van der Waals surface area contributed by atoms with E-state index < -0.39 is 23.9 Å². The molecule has 3 aromatic rings. The van der Waals surface area contributed by atoms with Crippen molar-refractivity contribution in [3.63, 3.8) is 0 Å². The summed E-state index contributed by atoms with van der Waals surface area (Å²) in [4.78, 5) is 21.6. The zero-order valence-corrected chi connectivity index (χ0v) is 17.1. The number of fused-ring (bicyclic) bond motifs is 1. The van der Waals surface area contributed by atoms with Crippen LogP contribution in [0.25, 0.3) is 10.9 Å². The summed E-state index contributed by atoms with van der Waals surface area (Å²) in [5.41, 5.74) is 0.346. The first-order valence-corrected chi connectivity index (χ1v) is 10.2. The van der Waals surface area contributed by atoms with Gasteiger partial charge in [0.05, 0.1) is 24.3 Å². The van der Waals surface area contributed by atoms with Crippen LogP contribution < -0.4 is 10.1 Å². The third-order valence-electron chi connectivity index (χ3n) is 5.44. The molecule has 4 rings (SSSR count). The number of alkyl halides is 1. The van der Waals surface area contributed by atoms with Crippen molar-refractivity contribution in [1.29, 1.82) is 0 Å². The van der Waals surface area contributed by atoms with E-state index in [1.165, 1.54) is 0 Å². The number of halogens is 1. The third-order valence-corrected chi connectivity index (χ3v) is 5.44. The molecule has 0 saturated carbocycles. The van der Waals surface area contributed by atoms with E-state index in [0.29, 0.717) is 18.0 Å². The number of hydrogen-bond donors (Lipinski definition) is 2. The first-order valence-electron chi connectivity index (χ1n) is 10.2. The summed E-state index contributed by atoms with van der Waals surface area (Å²) >= 11 is 0. The average Bonchev–Trinajstić information content (AvgIpc) is 2.77. The molecular formula is C23H24FN3O4. The normalized spacial score (nSPS) is 23.5. The Bertz CT molecular complexity index is 1080. The fraction of sp³-hybridized carbons (Fsp3) is 0.348. The van der Waals surface area contributed by atoms with Crippen LogP contribution in [-0.4, -0.2) is 52.2 Å². The summed E-state index contributed by atoms with van der Waals surface area (Å²) in [6.45, 7) is 2.37. The van der Waals surface area contributed by atoms with Gasteiger partial charge in [-0.2, -0.15) is 0 Å². The maximum atomic E-state index is 14.4. The topological polar surface area (TPSA) is 93.6 Å². The van der Waals surface area contributed by atoms with E-state index in [4.69, 9.17) is 9.47 Å². The number of nitrogens with one attached hydrogen (secondary N) is 1. The molecule has 1 fully saturated rings. The second-order valence-corrected chi connectivity index (χ2v) is 7.53. The monoisotopic (exact) mass is 425 g/mol. The molecule has 0 bridgehead atoms. The Morgan fingerprint density at radius 1 is 1.32 bits per heavy atom. The average molecular weight is 425 g/mol. The summed E-state index contributed by atoms with van der Waals surface area (Å²) in [7, 11) is 0. The lowest BCUT2D eigenvalue weighted by Gasteiger charge is -2.43. The van der Waals surface area contributed by atoms with Gasteiger partial charge in [-0.05, 0) is 43.5 Å². The zero-order valence-electron chi connectivity index (χ0n) is 17.1. The number of ether oxygens (including phenoxy) is 2. The van der Waals surface area contributed by atoms with Gasteiger partial charge in [0.2, 0.25) is 12.2 Å². The van der Waals surface area contributed by atoms with Crippen molar-refractivity contribution < 1.29 is 23.8 Å². The number of benzene rings is 1. The highest BCUT2D eigenvalue weighted by Gasteiger charge is 2.47. The Morgan fingerprint density at radius 3 is 3.00 bits per heavy atom. The quantitative estimate of drug-likeness (QED) is 0.631. The molecular weight excluding hydrogens is 401 g/mol. The number of amides is 1. The van der Waals surface area contributed by atoms with Gasteiger partial charge >= 0.3 is 0 Å². The fourth-order valence-corrected chi connectivity index (χ4v) is 3.85. The number of carbonyl (C=O) groups is 1. The van der Waals surface area contributed by atoms with Crippen LogP contribution in [0.4, 0.5) is 4.39 Å². The van der Waals surface area contributed by atoms with Crippen molar-refractivity contribution in [3.05, 3.63) is 66.0 Å². The number of nitrogens with zero attached hydrogens (tertiary/aromatic N) is 2. The number of rotatable bonds is 6. The number of pyridine rings is 2. The molecule has 3 atom stereocenters. The van der Waals surface area contributed by atoms with Crippen LogP contribution in [0.3, 0.4) is 0 Å². The summed E-state index contributed by atoms with van der Waals surface area (Å²) in [6.07, 6.45) is -1.46. The highest BCUT2D eigenvalue weighted by Crippen LogP contribution is 2.31. The van der Waals surface area contributed by atoms with Crippen LogP contribution in [0, 0.1) is 0 Å². The lowest BCUT2D eigenvalue weighted by Crippen LogP contribution is -2.64. The third kappa shape index (κ3) is 4.50. The summed E-state index contributed by atoms with van der Waals surface area (Å²) in [5, 5.41) is 14.5. The molecule has 1 aromatic carbocycles. The molecule has 31 heavy (non-hydrogen) atoms. The molecule has 0 spiro atoms. The van der Waals surface area contributed by atoms with Gasteiger partial charge in [0.25, 0.3) is 5.91 Å². The fourth-order valence-electron chi connectivity index (χ4n) is 3.85. The smallest absolute Gasteiger partial charge is 0.270 e. The van der Waals surface area contributed by atoms with Crippen molar-refractivity contribution in [2.24, 2.45) is 0 Å². The Kier molecular flexibility index (Phi) is 6.11. The molecule has 0 aliphatic carbocycles. The first-order chi connectivity index (χ1) is 15.0. The number of aliphatic hydroxyl groups excluding tert-OH is 1. The van der Waals surface area contributed by atoms with Crippen molar-refractivity contribution in [2.75, 3.05) is 13.2 Å². The number of hydrogen-bond acceptors (Lipinski definition) is 6. The Labute approximate surface area is 179 Å². The van der Waals surface area contributed by atoms with Gasteiger partial charge in [-0.1, -0.05) is 24.3 Å². The van der Waals surface area contributed by atoms with E-state index >= 15 is 0 Å². The van der Waals surface area contributed by atoms with E-state index in [0.717, 1.165) is 10.9 Å². The predicted octanol–water partition coefficient (Wildman–Crippen LogP) is 2.82. The van der Waals surface area contributed by atoms with Gasteiger partial charge in [0.1, 0.15) is 11.8 Å². The van der Waals surface area contributed by atoms with E-state index in [2.05, 4.69) is 15.3 Å². The van der Waals surface area contributed by atoms with Crippen molar-refractivity contribution in [2.45, 2.75) is 37.8 Å². The number of para-hydroxylation sites is 1. The molecule has 2 N–H and O–H groups in total. The van der Waals surface area contributed by atoms with E-state index in [9.17, 15) is 14.3 Å². The first kappa shape index (κ1) is 21.1. The molecule has 1 aliphatic heterocycles. The lowest BCUT2D eigenvalue weighted by molar-refractivity contribution is -0.177. The molecule has 1 unspecified atom stereocenters. The van der Waals surface area contributed by atoms with Crippen molar-refractivity contribution >= 4 is 16.8 Å². The van der Waals surface area contributed by atoms with Crippen LogP contribution in [0.5, 0.6) is 5.88 Å². The molecule has 1 amide bonds. The van der Waals surface area contributed by atoms with Crippen LogP contribution in [0.1, 0.15) is 29.4 Å². The Hall–Kier alpha value is -3.10. The van der Waals surface area contributed by atoms with E-state index in [1.54, 1.807) is 30.5 Å². The lowest BCUT2D eigenvalue weighted by atomic mass is 9.81. The molecule has 0 radical (unpaired) electrons. The van der Waals surface area contributed by atoms with Crippen molar-refractivity contribution in [3.8, 4) is 5.88 Å². The van der Waals surface area contributed by atoms with Crippen LogP contribution in [0.2, 0.25) is 0 Å². The number of aliphatic hydroxyl groups is 1. The van der Waals surface area contributed by atoms with Gasteiger partial charge in [0, 0.05) is 17.6 Å². The highest BCUT2D eigenvalue weighted by atomic mass is 19.1. The minimum absolute atomic E-state index is 0.0626. The van der Waals surface area contributed by atoms with Gasteiger partial charge < -0.3 is 19.9 Å². The van der Waals surface area contributed by atoms with Crippen LogP contribution in [0.15, 0.2) is 54.7 Å². The van der Waals surface area contributed by atoms with Crippen LogP contribution >= 0.6 is 0 Å². The van der Waals surface area contributed by atoms with Gasteiger partial charge in [-0.15, -0.1) is 0 Å². The molecule has 3 heterocycles. The number of aromatic nitrogens is 2. The molecule has 162 valence electrons. The van der Waals surface area contributed by atoms with Crippen LogP contribution in [-0.2, 0) is 11.2 Å². The maximum absolute atomic E-state index is 14.4. The second kappa shape index (κ2) is 8.95. The van der Waals surface area contributed by atoms with Gasteiger partial charge in [0.15, 0.2) is 0 Å². The standard InChI is InChI=1S/C23H24FN3O4/c1-2-30-19-13-15(9-11-25-19)14-23(10-12-31-21(24)20(23)28)27-22(29)18-8-7-16-5-3-4-6-17(16)26-18/h3-9,11,13,20-21,28H,2,10,12,14H2,1H3,(H,27,29)/t20-,21?,23+/m0/s1. The van der Waals surface area contributed by atoms with E-state index in [1.807, 2.05) is 31.2 Å². The summed E-state index contributed by atoms with van der Waals surface area (Å²) in [5.74, 6) is -0.0611. The highest BCUT2D eigenvalue weighted by molar-refractivity contribution is 5.95. The Morgan fingerprint density at radius 2 is 2.16 bits per heavy atom. The minimum Gasteiger partial charge on any atom is -0.478 e. The Balaban J connectivity index is 1.64. The summed E-state index contributed by atoms with van der Waals surface area (Å²) < 4.78 is 24.8. The minimum atomic E-state index is -1.91. The molecule has 1 saturated heterocycles. The maximum Gasteiger partial charge on any atom is 0.270 e. The SMILES string of the molecule is CCOc1cc(C[C@]2(NC(=O)c3ccc4ccccc4n3)CCOC(F)[C@@H]2O)ccn1. The molecule has 8 heteroatoms. The largest absolute Gasteiger partial charge is 0.478 e. The summed E-state index contributed by atoms with van der Waals surface area (Å²) in [6, 6.07) is 14.3. The van der Waals surface area contributed by atoms with Crippen molar-refractivity contribution in [1.82, 2.24) is 15.3 Å². The van der Waals surface area contributed by atoms with E-state index in [-0.39, 0.29) is 25.1 Å². The molecule has 2 aromatic heterocycles. The predicted molar refractivity (Wildman–Crippen MR) is 113 cm³/mol.